The number of fused-ring (bicyclic) bond motifs is 1. The van der Waals surface area contributed by atoms with Crippen LogP contribution in [0.3, 0.4) is 0 Å². The number of carbonyl (C=O) groups is 1. The topological polar surface area (TPSA) is 54.6 Å². The van der Waals surface area contributed by atoms with Gasteiger partial charge in [-0.15, -0.1) is 22.7 Å². The number of carboxylic acid groups (broad SMARTS) is 1. The molecule has 0 radical (unpaired) electrons. The van der Waals surface area contributed by atoms with Crippen LogP contribution >= 0.6 is 22.7 Å². The van der Waals surface area contributed by atoms with Gasteiger partial charge in [-0.1, -0.05) is 43.3 Å². The standard InChI is InChI=1S/C19H16N2O2S2/c1-2-13-17(14-9-6-10-24-14)20-19-21(13)18(12-7-4-3-5-8-12)15(25-19)11-16(22)23/h3-10H,2,11H2,1H3,(H,22,23). The van der Waals surface area contributed by atoms with Gasteiger partial charge in [0.1, 0.15) is 5.69 Å². The average molecular weight is 368 g/mol. The van der Waals surface area contributed by atoms with Crippen molar-refractivity contribution in [1.82, 2.24) is 9.38 Å². The summed E-state index contributed by atoms with van der Waals surface area (Å²) in [5, 5.41) is 11.4. The van der Waals surface area contributed by atoms with E-state index in [0.717, 1.165) is 43.8 Å². The molecule has 0 aliphatic rings. The third kappa shape index (κ3) is 2.77. The van der Waals surface area contributed by atoms with Gasteiger partial charge in [-0.3, -0.25) is 9.20 Å². The molecule has 4 rings (SSSR count). The van der Waals surface area contributed by atoms with E-state index in [4.69, 9.17) is 4.98 Å². The number of aliphatic carboxylic acids is 1. The van der Waals surface area contributed by atoms with Crippen molar-refractivity contribution in [3.05, 3.63) is 58.4 Å². The SMILES string of the molecule is CCc1c(-c2cccs2)nc2sc(CC(=O)O)c(-c3ccccc3)n12. The van der Waals surface area contributed by atoms with Crippen molar-refractivity contribution in [3.8, 4) is 21.8 Å². The molecule has 6 heteroatoms. The molecule has 4 nitrogen and oxygen atoms in total. The highest BCUT2D eigenvalue weighted by Gasteiger charge is 2.23. The second kappa shape index (κ2) is 6.46. The molecule has 0 saturated carbocycles. The van der Waals surface area contributed by atoms with E-state index >= 15 is 0 Å². The lowest BCUT2D eigenvalue weighted by Gasteiger charge is -2.07. The lowest BCUT2D eigenvalue weighted by Crippen LogP contribution is -2.02. The first kappa shape index (κ1) is 16.1. The second-order valence-electron chi connectivity index (χ2n) is 5.67. The number of benzene rings is 1. The van der Waals surface area contributed by atoms with Gasteiger partial charge in [0.15, 0.2) is 4.96 Å². The highest BCUT2D eigenvalue weighted by Crippen LogP contribution is 2.38. The molecule has 25 heavy (non-hydrogen) atoms. The maximum atomic E-state index is 11.3. The lowest BCUT2D eigenvalue weighted by molar-refractivity contribution is -0.136. The van der Waals surface area contributed by atoms with Crippen LogP contribution in [-0.4, -0.2) is 20.5 Å². The minimum atomic E-state index is -0.821. The van der Waals surface area contributed by atoms with Gasteiger partial charge in [0.25, 0.3) is 0 Å². The van der Waals surface area contributed by atoms with Gasteiger partial charge in [0, 0.05) is 4.88 Å². The first-order chi connectivity index (χ1) is 12.2. The summed E-state index contributed by atoms with van der Waals surface area (Å²) in [6.07, 6.45) is 0.840. The molecule has 0 saturated heterocycles. The molecule has 0 unspecified atom stereocenters. The largest absolute Gasteiger partial charge is 0.481 e. The van der Waals surface area contributed by atoms with Crippen LogP contribution in [0.2, 0.25) is 0 Å². The minimum absolute atomic E-state index is 0.00967. The van der Waals surface area contributed by atoms with E-state index in [-0.39, 0.29) is 6.42 Å². The van der Waals surface area contributed by atoms with E-state index in [2.05, 4.69) is 22.8 Å². The maximum Gasteiger partial charge on any atom is 0.308 e. The molecule has 0 bridgehead atoms. The molecule has 1 N–H and O–H groups in total. The monoisotopic (exact) mass is 368 g/mol. The Balaban J connectivity index is 2.02. The van der Waals surface area contributed by atoms with Crippen molar-refractivity contribution in [2.45, 2.75) is 19.8 Å². The van der Waals surface area contributed by atoms with Crippen molar-refractivity contribution in [3.63, 3.8) is 0 Å². The number of nitrogens with zero attached hydrogens (tertiary/aromatic N) is 2. The second-order valence-corrected chi connectivity index (χ2v) is 7.68. The van der Waals surface area contributed by atoms with E-state index in [1.807, 2.05) is 36.4 Å². The zero-order chi connectivity index (χ0) is 17.4. The molecule has 0 aliphatic carbocycles. The number of thiophene rings is 1. The summed E-state index contributed by atoms with van der Waals surface area (Å²) in [7, 11) is 0. The van der Waals surface area contributed by atoms with Crippen LogP contribution in [0.4, 0.5) is 0 Å². The first-order valence-corrected chi connectivity index (χ1v) is 9.72. The van der Waals surface area contributed by atoms with E-state index in [0.29, 0.717) is 0 Å². The number of hydrogen-bond donors (Lipinski definition) is 1. The van der Waals surface area contributed by atoms with Crippen LogP contribution in [0.15, 0.2) is 47.8 Å². The van der Waals surface area contributed by atoms with E-state index in [9.17, 15) is 9.90 Å². The van der Waals surface area contributed by atoms with Gasteiger partial charge >= 0.3 is 5.97 Å². The van der Waals surface area contributed by atoms with Gasteiger partial charge in [0.2, 0.25) is 0 Å². The lowest BCUT2D eigenvalue weighted by atomic mass is 10.1. The van der Waals surface area contributed by atoms with Crippen LogP contribution in [-0.2, 0) is 17.6 Å². The Morgan fingerprint density at radius 1 is 1.20 bits per heavy atom. The summed E-state index contributed by atoms with van der Waals surface area (Å²) in [5.74, 6) is -0.821. The van der Waals surface area contributed by atoms with Gasteiger partial charge < -0.3 is 5.11 Å². The number of aryl methyl sites for hydroxylation is 1. The Bertz CT molecular complexity index is 1030. The van der Waals surface area contributed by atoms with Crippen molar-refractivity contribution in [2.75, 3.05) is 0 Å². The average Bonchev–Trinajstić information content (AvgIpc) is 3.29. The van der Waals surface area contributed by atoms with E-state index < -0.39 is 5.97 Å². The molecule has 0 atom stereocenters. The van der Waals surface area contributed by atoms with Crippen LogP contribution in [0, 0.1) is 0 Å². The van der Waals surface area contributed by atoms with Crippen LogP contribution in [0.1, 0.15) is 17.5 Å². The summed E-state index contributed by atoms with van der Waals surface area (Å²) in [4.78, 5) is 19.0. The highest BCUT2D eigenvalue weighted by atomic mass is 32.1. The molecule has 1 aromatic carbocycles. The molecule has 0 spiro atoms. The zero-order valence-electron chi connectivity index (χ0n) is 13.6. The van der Waals surface area contributed by atoms with Crippen LogP contribution in [0.25, 0.3) is 26.8 Å². The Kier molecular flexibility index (Phi) is 4.15. The number of hydrogen-bond acceptors (Lipinski definition) is 4. The Labute approximate surface area is 153 Å². The van der Waals surface area contributed by atoms with Crippen molar-refractivity contribution >= 4 is 33.6 Å². The predicted molar refractivity (Wildman–Crippen MR) is 103 cm³/mol. The van der Waals surface area contributed by atoms with Crippen molar-refractivity contribution in [2.24, 2.45) is 0 Å². The number of thiazole rings is 1. The number of rotatable bonds is 5. The Morgan fingerprint density at radius 2 is 2.00 bits per heavy atom. The molecule has 0 amide bonds. The Morgan fingerprint density at radius 3 is 2.64 bits per heavy atom. The van der Waals surface area contributed by atoms with Crippen LogP contribution in [0.5, 0.6) is 0 Å². The van der Waals surface area contributed by atoms with Gasteiger partial charge in [0.05, 0.1) is 22.7 Å². The highest BCUT2D eigenvalue weighted by molar-refractivity contribution is 7.17. The van der Waals surface area contributed by atoms with E-state index in [1.165, 1.54) is 11.3 Å². The summed E-state index contributed by atoms with van der Waals surface area (Å²) < 4.78 is 2.15. The van der Waals surface area contributed by atoms with E-state index in [1.54, 1.807) is 11.3 Å². The maximum absolute atomic E-state index is 11.3. The summed E-state index contributed by atoms with van der Waals surface area (Å²) in [6.45, 7) is 2.11. The minimum Gasteiger partial charge on any atom is -0.481 e. The fourth-order valence-corrected chi connectivity index (χ4v) is 4.98. The zero-order valence-corrected chi connectivity index (χ0v) is 15.2. The van der Waals surface area contributed by atoms with Crippen LogP contribution < -0.4 is 0 Å². The molecule has 3 aromatic heterocycles. The molecule has 3 heterocycles. The quantitative estimate of drug-likeness (QED) is 0.540. The Hall–Kier alpha value is -2.44. The molecular weight excluding hydrogens is 352 g/mol. The molecule has 126 valence electrons. The number of aromatic nitrogens is 2. The predicted octanol–water partition coefficient (Wildman–Crippen LogP) is 4.98. The molecular formula is C19H16N2O2S2. The number of carboxylic acids is 1. The normalized spacial score (nSPS) is 11.2. The fourth-order valence-electron chi connectivity index (χ4n) is 3.09. The van der Waals surface area contributed by atoms with Gasteiger partial charge in [-0.05, 0) is 23.4 Å². The third-order valence-electron chi connectivity index (χ3n) is 4.09. The molecule has 0 aliphatic heterocycles. The van der Waals surface area contributed by atoms with Crippen molar-refractivity contribution < 1.29 is 9.90 Å². The van der Waals surface area contributed by atoms with Gasteiger partial charge in [-0.2, -0.15) is 0 Å². The molecule has 0 fully saturated rings. The first-order valence-electron chi connectivity index (χ1n) is 8.03. The summed E-state index contributed by atoms with van der Waals surface area (Å²) >= 11 is 3.15. The number of imidazole rings is 1. The summed E-state index contributed by atoms with van der Waals surface area (Å²) in [5.41, 5.74) is 4.11. The fraction of sp³-hybridized carbons (Fsp3) is 0.158. The summed E-state index contributed by atoms with van der Waals surface area (Å²) in [6, 6.07) is 14.1. The smallest absolute Gasteiger partial charge is 0.308 e. The van der Waals surface area contributed by atoms with Gasteiger partial charge in [-0.25, -0.2) is 4.98 Å². The molecule has 4 aromatic rings. The third-order valence-corrected chi connectivity index (χ3v) is 6.01. The van der Waals surface area contributed by atoms with Crippen molar-refractivity contribution in [1.29, 1.82) is 0 Å².